The zero-order valence-corrected chi connectivity index (χ0v) is 13.7. The molecule has 0 saturated heterocycles. The second-order valence-electron chi connectivity index (χ2n) is 4.53. The normalized spacial score (nSPS) is 13.3. The van der Waals surface area contributed by atoms with E-state index in [4.69, 9.17) is 0 Å². The van der Waals surface area contributed by atoms with E-state index in [0.29, 0.717) is 5.92 Å². The highest BCUT2D eigenvalue weighted by molar-refractivity contribution is 7.98. The molecular formula is C14H25N3S2. The Bertz CT molecular complexity index is 350. The van der Waals surface area contributed by atoms with E-state index in [1.165, 1.54) is 4.88 Å². The summed E-state index contributed by atoms with van der Waals surface area (Å²) >= 11 is 3.68. The minimum atomic E-state index is 0.578. The first-order valence-electron chi connectivity index (χ1n) is 6.79. The van der Waals surface area contributed by atoms with Gasteiger partial charge in [-0.15, -0.1) is 11.3 Å². The van der Waals surface area contributed by atoms with Crippen LogP contribution in [0.5, 0.6) is 0 Å². The Morgan fingerprint density at radius 3 is 2.95 bits per heavy atom. The summed E-state index contributed by atoms with van der Waals surface area (Å²) in [6.45, 7) is 7.10. The number of guanidine groups is 1. The Balaban J connectivity index is 2.35. The van der Waals surface area contributed by atoms with Gasteiger partial charge in [0.05, 0.1) is 0 Å². The van der Waals surface area contributed by atoms with Crippen LogP contribution in [0.1, 0.15) is 18.7 Å². The number of aliphatic imine (C=N–C) groups is 1. The van der Waals surface area contributed by atoms with Gasteiger partial charge >= 0.3 is 0 Å². The fraction of sp³-hybridized carbons (Fsp3) is 0.643. The predicted octanol–water partition coefficient (Wildman–Crippen LogP) is 2.84. The third-order valence-electron chi connectivity index (χ3n) is 2.63. The topological polar surface area (TPSA) is 36.4 Å². The molecule has 0 radical (unpaired) electrons. The molecule has 0 aliphatic carbocycles. The van der Waals surface area contributed by atoms with Gasteiger partial charge < -0.3 is 10.6 Å². The van der Waals surface area contributed by atoms with Crippen LogP contribution in [-0.2, 0) is 6.42 Å². The minimum Gasteiger partial charge on any atom is -0.357 e. The Labute approximate surface area is 125 Å². The molecule has 1 heterocycles. The van der Waals surface area contributed by atoms with Gasteiger partial charge in [-0.2, -0.15) is 11.8 Å². The number of nitrogens with zero attached hydrogens (tertiary/aromatic N) is 1. The molecule has 5 heteroatoms. The summed E-state index contributed by atoms with van der Waals surface area (Å²) in [5.41, 5.74) is 0. The summed E-state index contributed by atoms with van der Waals surface area (Å²) in [5, 5.41) is 8.78. The van der Waals surface area contributed by atoms with Gasteiger partial charge in [-0.1, -0.05) is 13.0 Å². The van der Waals surface area contributed by atoms with Gasteiger partial charge in [0.1, 0.15) is 0 Å². The van der Waals surface area contributed by atoms with Crippen molar-refractivity contribution in [1.29, 1.82) is 0 Å². The van der Waals surface area contributed by atoms with Crippen LogP contribution in [-0.4, -0.2) is 37.6 Å². The minimum absolute atomic E-state index is 0.578. The Kier molecular flexibility index (Phi) is 8.75. The molecule has 0 amide bonds. The smallest absolute Gasteiger partial charge is 0.191 e. The lowest BCUT2D eigenvalue weighted by molar-refractivity contribution is 0.595. The maximum absolute atomic E-state index is 4.66. The Hall–Kier alpha value is -0.680. The molecule has 108 valence electrons. The van der Waals surface area contributed by atoms with Gasteiger partial charge in [0.2, 0.25) is 0 Å². The molecule has 0 aliphatic heterocycles. The Morgan fingerprint density at radius 1 is 1.47 bits per heavy atom. The van der Waals surface area contributed by atoms with Crippen molar-refractivity contribution >= 4 is 29.1 Å². The lowest BCUT2D eigenvalue weighted by Crippen LogP contribution is -2.38. The van der Waals surface area contributed by atoms with E-state index in [1.54, 1.807) is 0 Å². The lowest BCUT2D eigenvalue weighted by atomic mass is 10.1. The van der Waals surface area contributed by atoms with Crippen molar-refractivity contribution in [2.45, 2.75) is 20.3 Å². The van der Waals surface area contributed by atoms with Crippen LogP contribution in [0, 0.1) is 5.92 Å². The molecule has 0 bridgehead atoms. The van der Waals surface area contributed by atoms with E-state index in [-0.39, 0.29) is 0 Å². The van der Waals surface area contributed by atoms with Crippen molar-refractivity contribution in [2.75, 3.05) is 31.6 Å². The second-order valence-corrected chi connectivity index (χ2v) is 6.55. The molecule has 2 N–H and O–H groups in total. The van der Waals surface area contributed by atoms with Crippen LogP contribution in [0.3, 0.4) is 0 Å². The van der Waals surface area contributed by atoms with Crippen molar-refractivity contribution in [2.24, 2.45) is 10.9 Å². The zero-order chi connectivity index (χ0) is 13.9. The average Bonchev–Trinajstić information content (AvgIpc) is 2.89. The van der Waals surface area contributed by atoms with Gasteiger partial charge in [0, 0.05) is 30.3 Å². The molecule has 0 aliphatic rings. The third kappa shape index (κ3) is 7.47. The largest absolute Gasteiger partial charge is 0.357 e. The van der Waals surface area contributed by atoms with Crippen LogP contribution in [0.25, 0.3) is 0 Å². The van der Waals surface area contributed by atoms with Gasteiger partial charge in [0.25, 0.3) is 0 Å². The molecule has 19 heavy (non-hydrogen) atoms. The first kappa shape index (κ1) is 16.4. The summed E-state index contributed by atoms with van der Waals surface area (Å²) in [5.74, 6) is 2.62. The SMILES string of the molecule is CCNC(=NCC(C)Cc1cccs1)NCCSC. The highest BCUT2D eigenvalue weighted by Gasteiger charge is 2.04. The van der Waals surface area contributed by atoms with Crippen LogP contribution in [0.15, 0.2) is 22.5 Å². The van der Waals surface area contributed by atoms with E-state index in [9.17, 15) is 0 Å². The number of thioether (sulfide) groups is 1. The highest BCUT2D eigenvalue weighted by atomic mass is 32.2. The summed E-state index contributed by atoms with van der Waals surface area (Å²) in [7, 11) is 0. The van der Waals surface area contributed by atoms with Crippen molar-refractivity contribution in [3.05, 3.63) is 22.4 Å². The molecule has 1 aromatic heterocycles. The van der Waals surface area contributed by atoms with Gasteiger partial charge in [-0.05, 0) is 37.0 Å². The molecule has 3 nitrogen and oxygen atoms in total. The predicted molar refractivity (Wildman–Crippen MR) is 89.6 cm³/mol. The Morgan fingerprint density at radius 2 is 2.32 bits per heavy atom. The highest BCUT2D eigenvalue weighted by Crippen LogP contribution is 2.14. The van der Waals surface area contributed by atoms with Gasteiger partial charge in [0.15, 0.2) is 5.96 Å². The standard InChI is InChI=1S/C14H25N3S2/c1-4-15-14(16-7-9-18-3)17-11-12(2)10-13-6-5-8-19-13/h5-6,8,12H,4,7,9-11H2,1-3H3,(H2,15,16,17). The quantitative estimate of drug-likeness (QED) is 0.440. The average molecular weight is 300 g/mol. The monoisotopic (exact) mass is 299 g/mol. The molecular weight excluding hydrogens is 274 g/mol. The van der Waals surface area contributed by atoms with E-state index in [2.05, 4.69) is 53.2 Å². The van der Waals surface area contributed by atoms with Crippen LogP contribution in [0.4, 0.5) is 0 Å². The van der Waals surface area contributed by atoms with Gasteiger partial charge in [-0.25, -0.2) is 0 Å². The molecule has 1 rings (SSSR count). The van der Waals surface area contributed by atoms with Crippen molar-refractivity contribution in [3.8, 4) is 0 Å². The second kappa shape index (κ2) is 10.1. The number of nitrogens with one attached hydrogen (secondary N) is 2. The zero-order valence-electron chi connectivity index (χ0n) is 12.1. The molecule has 1 aromatic rings. The summed E-state index contributed by atoms with van der Waals surface area (Å²) < 4.78 is 0. The molecule has 1 unspecified atom stereocenters. The van der Waals surface area contributed by atoms with Crippen LogP contribution < -0.4 is 10.6 Å². The van der Waals surface area contributed by atoms with Crippen LogP contribution >= 0.6 is 23.1 Å². The third-order valence-corrected chi connectivity index (χ3v) is 4.14. The summed E-state index contributed by atoms with van der Waals surface area (Å²) in [4.78, 5) is 6.10. The van der Waals surface area contributed by atoms with Crippen molar-refractivity contribution < 1.29 is 0 Å². The molecule has 0 saturated carbocycles. The van der Waals surface area contributed by atoms with Crippen LogP contribution in [0.2, 0.25) is 0 Å². The number of thiophene rings is 1. The maximum atomic E-state index is 4.66. The lowest BCUT2D eigenvalue weighted by Gasteiger charge is -2.12. The van der Waals surface area contributed by atoms with Crippen molar-refractivity contribution in [1.82, 2.24) is 10.6 Å². The molecule has 0 spiro atoms. The maximum Gasteiger partial charge on any atom is 0.191 e. The van der Waals surface area contributed by atoms with E-state index in [1.807, 2.05) is 23.1 Å². The van der Waals surface area contributed by atoms with Gasteiger partial charge in [-0.3, -0.25) is 4.99 Å². The number of rotatable bonds is 8. The van der Waals surface area contributed by atoms with Crippen molar-refractivity contribution in [3.63, 3.8) is 0 Å². The number of hydrogen-bond acceptors (Lipinski definition) is 3. The summed E-state index contributed by atoms with van der Waals surface area (Å²) in [6, 6.07) is 4.32. The summed E-state index contributed by atoms with van der Waals surface area (Å²) in [6.07, 6.45) is 3.24. The van der Waals surface area contributed by atoms with E-state index < -0.39 is 0 Å². The van der Waals surface area contributed by atoms with E-state index >= 15 is 0 Å². The molecule has 0 fully saturated rings. The molecule has 1 atom stereocenters. The first-order chi connectivity index (χ1) is 9.26. The van der Waals surface area contributed by atoms with E-state index in [0.717, 1.165) is 37.8 Å². The first-order valence-corrected chi connectivity index (χ1v) is 9.07. The fourth-order valence-electron chi connectivity index (χ4n) is 1.70. The fourth-order valence-corrected chi connectivity index (χ4v) is 2.87. The number of hydrogen-bond donors (Lipinski definition) is 2. The molecule has 0 aromatic carbocycles.